The highest BCUT2D eigenvalue weighted by molar-refractivity contribution is 5.85. The number of amides is 1. The van der Waals surface area contributed by atoms with Gasteiger partial charge in [-0.3, -0.25) is 24.9 Å². The predicted octanol–water partition coefficient (Wildman–Crippen LogP) is 2.60. The highest BCUT2D eigenvalue weighted by Gasteiger charge is 2.30. The zero-order valence-electron chi connectivity index (χ0n) is 20.8. The zero-order chi connectivity index (χ0) is 26.2. The van der Waals surface area contributed by atoms with E-state index in [4.69, 9.17) is 15.2 Å². The molecule has 0 saturated heterocycles. The van der Waals surface area contributed by atoms with Gasteiger partial charge >= 0.3 is 11.9 Å². The van der Waals surface area contributed by atoms with Crippen molar-refractivity contribution in [2.75, 3.05) is 19.7 Å². The maximum Gasteiger partial charge on any atom is 0.328 e. The fraction of sp³-hybridized carbons (Fsp3) is 0.444. The lowest BCUT2D eigenvalue weighted by molar-refractivity contribution is -0.178. The molecule has 0 radical (unpaired) electrons. The van der Waals surface area contributed by atoms with Gasteiger partial charge in [-0.2, -0.15) is 0 Å². The second-order valence-corrected chi connectivity index (χ2v) is 8.37. The molecular weight excluding hydrogens is 462 g/mol. The fourth-order valence-electron chi connectivity index (χ4n) is 3.65. The second kappa shape index (κ2) is 16.4. The molecule has 9 heteroatoms. The molecule has 0 heterocycles. The van der Waals surface area contributed by atoms with Gasteiger partial charge < -0.3 is 15.2 Å². The average molecular weight is 500 g/mol. The topological polar surface area (TPSA) is 131 Å². The molecular formula is C27H37N3O6. The summed E-state index contributed by atoms with van der Waals surface area (Å²) in [6, 6.07) is 17.1. The number of rotatable bonds is 16. The van der Waals surface area contributed by atoms with Gasteiger partial charge in [0, 0.05) is 0 Å². The van der Waals surface area contributed by atoms with Crippen molar-refractivity contribution in [3.8, 4) is 0 Å². The Hall–Kier alpha value is -3.27. The first kappa shape index (κ1) is 29.0. The third kappa shape index (κ3) is 10.6. The lowest BCUT2D eigenvalue weighted by Gasteiger charge is -2.26. The van der Waals surface area contributed by atoms with Crippen LogP contribution in [0.4, 0.5) is 0 Å². The molecule has 0 aliphatic heterocycles. The Morgan fingerprint density at radius 2 is 1.56 bits per heavy atom. The van der Waals surface area contributed by atoms with Crippen LogP contribution in [0.5, 0.6) is 0 Å². The van der Waals surface area contributed by atoms with E-state index in [1.807, 2.05) is 48.5 Å². The number of esters is 2. The number of carbonyl (C=O) groups excluding carboxylic acids is 3. The third-order valence-electron chi connectivity index (χ3n) is 5.56. The van der Waals surface area contributed by atoms with Crippen molar-refractivity contribution < 1.29 is 29.1 Å². The Morgan fingerprint density at radius 1 is 0.917 bits per heavy atom. The SMILES string of the molecule is CCOC(=O)[C@H](CCc1ccccc1)N[C@@H](CCCCN)C(=O)N(O)CC(=O)OCc1ccccc1. The van der Waals surface area contributed by atoms with Crippen molar-refractivity contribution in [3.63, 3.8) is 0 Å². The standard InChI is InChI=1S/C27H37N3O6/c1-2-35-27(33)24(17-16-21-11-5-3-6-12-21)29-23(15-9-10-18-28)26(32)30(34)19-25(31)36-20-22-13-7-4-8-14-22/h3-8,11-14,23-24,29,34H,2,9-10,15-20,28H2,1H3/t23-,24-/m0/s1. The molecule has 0 aliphatic carbocycles. The second-order valence-electron chi connectivity index (χ2n) is 8.37. The van der Waals surface area contributed by atoms with Gasteiger partial charge in [-0.1, -0.05) is 67.1 Å². The first-order valence-corrected chi connectivity index (χ1v) is 12.3. The summed E-state index contributed by atoms with van der Waals surface area (Å²) in [6.45, 7) is 1.77. The molecule has 0 bridgehead atoms. The molecule has 2 aromatic carbocycles. The number of nitrogens with two attached hydrogens (primary N) is 1. The minimum atomic E-state index is -0.909. The monoisotopic (exact) mass is 499 g/mol. The molecule has 0 unspecified atom stereocenters. The quantitative estimate of drug-likeness (QED) is 0.139. The number of benzene rings is 2. The summed E-state index contributed by atoms with van der Waals surface area (Å²) >= 11 is 0. The van der Waals surface area contributed by atoms with Crippen LogP contribution in [0, 0.1) is 0 Å². The molecule has 2 aromatic rings. The third-order valence-corrected chi connectivity index (χ3v) is 5.56. The molecule has 9 nitrogen and oxygen atoms in total. The summed E-state index contributed by atoms with van der Waals surface area (Å²) in [7, 11) is 0. The number of unbranched alkanes of at least 4 members (excludes halogenated alkanes) is 1. The van der Waals surface area contributed by atoms with E-state index in [1.165, 1.54) is 0 Å². The van der Waals surface area contributed by atoms with E-state index in [-0.39, 0.29) is 13.2 Å². The van der Waals surface area contributed by atoms with Crippen LogP contribution < -0.4 is 11.1 Å². The van der Waals surface area contributed by atoms with E-state index >= 15 is 0 Å². The van der Waals surface area contributed by atoms with Crippen LogP contribution in [0.25, 0.3) is 0 Å². The van der Waals surface area contributed by atoms with Gasteiger partial charge in [0.2, 0.25) is 0 Å². The van der Waals surface area contributed by atoms with Crippen LogP contribution in [0.15, 0.2) is 60.7 Å². The molecule has 0 aromatic heterocycles. The van der Waals surface area contributed by atoms with E-state index in [0.29, 0.717) is 43.7 Å². The molecule has 0 saturated carbocycles. The Balaban J connectivity index is 2.03. The Morgan fingerprint density at radius 3 is 2.17 bits per heavy atom. The van der Waals surface area contributed by atoms with Crippen molar-refractivity contribution in [1.82, 2.24) is 10.4 Å². The molecule has 196 valence electrons. The van der Waals surface area contributed by atoms with Gasteiger partial charge in [-0.15, -0.1) is 0 Å². The molecule has 0 aliphatic rings. The van der Waals surface area contributed by atoms with Crippen LogP contribution in [0.2, 0.25) is 0 Å². The Bertz CT molecular complexity index is 926. The first-order chi connectivity index (χ1) is 17.4. The summed E-state index contributed by atoms with van der Waals surface area (Å²) in [5, 5.41) is 13.8. The smallest absolute Gasteiger partial charge is 0.328 e. The molecule has 0 spiro atoms. The van der Waals surface area contributed by atoms with E-state index in [1.54, 1.807) is 19.1 Å². The minimum absolute atomic E-state index is 0.0320. The number of ether oxygens (including phenoxy) is 2. The van der Waals surface area contributed by atoms with E-state index in [9.17, 15) is 19.6 Å². The van der Waals surface area contributed by atoms with E-state index in [0.717, 1.165) is 11.1 Å². The summed E-state index contributed by atoms with van der Waals surface area (Å²) in [5.41, 5.74) is 7.43. The van der Waals surface area contributed by atoms with Crippen LogP contribution in [0.3, 0.4) is 0 Å². The largest absolute Gasteiger partial charge is 0.465 e. The number of carbonyl (C=O) groups is 3. The number of aryl methyl sites for hydroxylation is 1. The fourth-order valence-corrected chi connectivity index (χ4v) is 3.65. The molecule has 4 N–H and O–H groups in total. The van der Waals surface area contributed by atoms with Crippen molar-refractivity contribution in [1.29, 1.82) is 0 Å². The van der Waals surface area contributed by atoms with Gasteiger partial charge in [-0.05, 0) is 50.3 Å². The number of nitrogens with zero attached hydrogens (tertiary/aromatic N) is 1. The van der Waals surface area contributed by atoms with Crippen LogP contribution in [-0.2, 0) is 36.9 Å². The lowest BCUT2D eigenvalue weighted by Crippen LogP contribution is -2.52. The highest BCUT2D eigenvalue weighted by Crippen LogP contribution is 2.11. The number of hydroxylamine groups is 2. The van der Waals surface area contributed by atoms with Gasteiger partial charge in [0.1, 0.15) is 19.2 Å². The van der Waals surface area contributed by atoms with Crippen molar-refractivity contribution in [2.24, 2.45) is 5.73 Å². The van der Waals surface area contributed by atoms with E-state index < -0.39 is 36.5 Å². The normalized spacial score (nSPS) is 12.4. The predicted molar refractivity (Wildman–Crippen MR) is 135 cm³/mol. The van der Waals surface area contributed by atoms with Crippen molar-refractivity contribution >= 4 is 17.8 Å². The highest BCUT2D eigenvalue weighted by atomic mass is 16.6. The number of hydrogen-bond donors (Lipinski definition) is 3. The molecule has 36 heavy (non-hydrogen) atoms. The van der Waals surface area contributed by atoms with E-state index in [2.05, 4.69) is 5.32 Å². The number of nitrogens with one attached hydrogen (secondary N) is 1. The van der Waals surface area contributed by atoms with Gasteiger partial charge in [0.25, 0.3) is 5.91 Å². The maximum absolute atomic E-state index is 13.1. The Labute approximate surface area is 212 Å². The molecule has 2 rings (SSSR count). The molecule has 1 amide bonds. The first-order valence-electron chi connectivity index (χ1n) is 12.3. The summed E-state index contributed by atoms with van der Waals surface area (Å²) in [5.74, 6) is -1.95. The molecule has 2 atom stereocenters. The van der Waals surface area contributed by atoms with Crippen LogP contribution in [-0.4, -0.2) is 59.9 Å². The minimum Gasteiger partial charge on any atom is -0.465 e. The van der Waals surface area contributed by atoms with Gasteiger partial charge in [0.05, 0.1) is 12.6 Å². The summed E-state index contributed by atoms with van der Waals surface area (Å²) in [4.78, 5) is 37.9. The van der Waals surface area contributed by atoms with Crippen molar-refractivity contribution in [2.45, 2.75) is 57.7 Å². The number of hydrogen-bond acceptors (Lipinski definition) is 8. The zero-order valence-corrected chi connectivity index (χ0v) is 20.8. The summed E-state index contributed by atoms with van der Waals surface area (Å²) in [6.07, 6.45) is 2.58. The van der Waals surface area contributed by atoms with Crippen LogP contribution in [0.1, 0.15) is 43.7 Å². The maximum atomic E-state index is 13.1. The lowest BCUT2D eigenvalue weighted by atomic mass is 10.0. The Kier molecular flexibility index (Phi) is 13.2. The molecule has 0 fully saturated rings. The van der Waals surface area contributed by atoms with Gasteiger partial charge in [0.15, 0.2) is 0 Å². The summed E-state index contributed by atoms with van der Waals surface area (Å²) < 4.78 is 10.4. The van der Waals surface area contributed by atoms with Crippen molar-refractivity contribution in [3.05, 3.63) is 71.8 Å². The van der Waals surface area contributed by atoms with Gasteiger partial charge in [-0.25, -0.2) is 5.06 Å². The van der Waals surface area contributed by atoms with Crippen LogP contribution >= 0.6 is 0 Å². The average Bonchev–Trinajstić information content (AvgIpc) is 2.89.